The van der Waals surface area contributed by atoms with Gasteiger partial charge in [0.25, 0.3) is 0 Å². The average molecular weight is 324 g/mol. The number of hydrogen-bond acceptors (Lipinski definition) is 6. The molecule has 3 aromatic rings. The van der Waals surface area contributed by atoms with Crippen LogP contribution in [0.3, 0.4) is 0 Å². The van der Waals surface area contributed by atoms with E-state index < -0.39 is 0 Å². The standard InChI is InChI=1S/C17H16N4OS/c1-11-6-7-18-16(8-11)21-17-20-15(10-23-17)14-5-4-13(9-19-14)22-12-2-3-12/h4-10,12H,2-3H2,1H3,(H,18,20,21). The Balaban J connectivity index is 1.48. The molecule has 23 heavy (non-hydrogen) atoms. The molecule has 1 fully saturated rings. The molecular formula is C17H16N4OS. The Bertz CT molecular complexity index is 811. The molecule has 0 saturated heterocycles. The molecule has 3 aromatic heterocycles. The third kappa shape index (κ3) is 3.48. The number of rotatable bonds is 5. The lowest BCUT2D eigenvalue weighted by Gasteiger charge is -2.04. The van der Waals surface area contributed by atoms with E-state index in [1.165, 1.54) is 11.3 Å². The highest BCUT2D eigenvalue weighted by Crippen LogP contribution is 2.29. The molecule has 0 aromatic carbocycles. The molecule has 1 saturated carbocycles. The van der Waals surface area contributed by atoms with Crippen molar-refractivity contribution in [1.82, 2.24) is 15.0 Å². The normalized spacial score (nSPS) is 13.8. The summed E-state index contributed by atoms with van der Waals surface area (Å²) in [6.07, 6.45) is 6.24. The van der Waals surface area contributed by atoms with Crippen LogP contribution in [0.1, 0.15) is 18.4 Å². The Morgan fingerprint density at radius 1 is 1.17 bits per heavy atom. The van der Waals surface area contributed by atoms with E-state index in [2.05, 4.69) is 20.3 Å². The Morgan fingerprint density at radius 2 is 2.09 bits per heavy atom. The Labute approximate surface area is 138 Å². The summed E-state index contributed by atoms with van der Waals surface area (Å²) in [5, 5.41) is 6.02. The van der Waals surface area contributed by atoms with Crippen LogP contribution in [0, 0.1) is 6.92 Å². The zero-order valence-electron chi connectivity index (χ0n) is 12.7. The number of aryl methyl sites for hydroxylation is 1. The molecule has 0 amide bonds. The van der Waals surface area contributed by atoms with Crippen LogP contribution < -0.4 is 10.1 Å². The molecule has 3 heterocycles. The van der Waals surface area contributed by atoms with Crippen molar-refractivity contribution in [2.45, 2.75) is 25.9 Å². The summed E-state index contributed by atoms with van der Waals surface area (Å²) in [7, 11) is 0. The molecule has 0 radical (unpaired) electrons. The number of thiazole rings is 1. The van der Waals surface area contributed by atoms with Crippen molar-refractivity contribution in [2.24, 2.45) is 0 Å². The molecule has 0 unspecified atom stereocenters. The minimum atomic E-state index is 0.388. The zero-order chi connectivity index (χ0) is 15.6. The fourth-order valence-corrected chi connectivity index (χ4v) is 2.85. The van der Waals surface area contributed by atoms with Gasteiger partial charge >= 0.3 is 0 Å². The van der Waals surface area contributed by atoms with E-state index in [0.717, 1.165) is 46.5 Å². The van der Waals surface area contributed by atoms with Gasteiger partial charge < -0.3 is 10.1 Å². The summed E-state index contributed by atoms with van der Waals surface area (Å²) < 4.78 is 5.71. The molecule has 0 aliphatic heterocycles. The highest BCUT2D eigenvalue weighted by molar-refractivity contribution is 7.14. The number of nitrogens with zero attached hydrogens (tertiary/aromatic N) is 3. The summed E-state index contributed by atoms with van der Waals surface area (Å²) in [6.45, 7) is 2.04. The number of aromatic nitrogens is 3. The van der Waals surface area contributed by atoms with Gasteiger partial charge in [0.15, 0.2) is 5.13 Å². The first-order valence-electron chi connectivity index (χ1n) is 7.54. The van der Waals surface area contributed by atoms with Gasteiger partial charge in [0.2, 0.25) is 0 Å². The van der Waals surface area contributed by atoms with Crippen LogP contribution in [0.15, 0.2) is 42.0 Å². The first kappa shape index (κ1) is 14.1. The van der Waals surface area contributed by atoms with Crippen LogP contribution in [-0.4, -0.2) is 21.1 Å². The van der Waals surface area contributed by atoms with Crippen molar-refractivity contribution >= 4 is 22.3 Å². The first-order valence-corrected chi connectivity index (χ1v) is 8.42. The largest absolute Gasteiger partial charge is 0.489 e. The second-order valence-electron chi connectivity index (χ2n) is 5.58. The Kier molecular flexibility index (Phi) is 3.67. The van der Waals surface area contributed by atoms with Crippen molar-refractivity contribution in [3.05, 3.63) is 47.6 Å². The van der Waals surface area contributed by atoms with Crippen molar-refractivity contribution in [3.63, 3.8) is 0 Å². The van der Waals surface area contributed by atoms with E-state index in [1.54, 1.807) is 12.4 Å². The van der Waals surface area contributed by atoms with E-state index >= 15 is 0 Å². The average Bonchev–Trinajstić information content (AvgIpc) is 3.24. The molecule has 0 spiro atoms. The van der Waals surface area contributed by atoms with E-state index in [-0.39, 0.29) is 0 Å². The van der Waals surface area contributed by atoms with Crippen molar-refractivity contribution in [3.8, 4) is 17.1 Å². The van der Waals surface area contributed by atoms with Gasteiger partial charge in [-0.25, -0.2) is 9.97 Å². The van der Waals surface area contributed by atoms with Gasteiger partial charge in [0.05, 0.1) is 18.0 Å². The lowest BCUT2D eigenvalue weighted by molar-refractivity contribution is 0.302. The maximum Gasteiger partial charge on any atom is 0.188 e. The fraction of sp³-hybridized carbons (Fsp3) is 0.235. The maximum absolute atomic E-state index is 5.71. The van der Waals surface area contributed by atoms with Gasteiger partial charge in [-0.05, 0) is 49.6 Å². The molecule has 1 aliphatic rings. The number of hydrogen-bond donors (Lipinski definition) is 1. The SMILES string of the molecule is Cc1ccnc(Nc2nc(-c3ccc(OC4CC4)cn3)cs2)c1. The van der Waals surface area contributed by atoms with Crippen LogP contribution in [0.2, 0.25) is 0 Å². The van der Waals surface area contributed by atoms with Crippen LogP contribution in [-0.2, 0) is 0 Å². The summed E-state index contributed by atoms with van der Waals surface area (Å²) in [6, 6.07) is 7.85. The maximum atomic E-state index is 5.71. The number of pyridine rings is 2. The van der Waals surface area contributed by atoms with Gasteiger partial charge in [0.1, 0.15) is 17.3 Å². The van der Waals surface area contributed by atoms with Crippen LogP contribution in [0.5, 0.6) is 5.75 Å². The Morgan fingerprint density at radius 3 is 2.83 bits per heavy atom. The monoisotopic (exact) mass is 324 g/mol. The van der Waals surface area contributed by atoms with E-state index in [0.29, 0.717) is 6.10 Å². The van der Waals surface area contributed by atoms with Crippen molar-refractivity contribution in [1.29, 1.82) is 0 Å². The van der Waals surface area contributed by atoms with Gasteiger partial charge in [-0.3, -0.25) is 4.98 Å². The molecule has 0 bridgehead atoms. The van der Waals surface area contributed by atoms with Gasteiger partial charge in [-0.1, -0.05) is 0 Å². The van der Waals surface area contributed by atoms with E-state index in [1.807, 2.05) is 36.6 Å². The lowest BCUT2D eigenvalue weighted by Crippen LogP contribution is -1.96. The minimum Gasteiger partial charge on any atom is -0.489 e. The molecule has 116 valence electrons. The molecule has 1 aliphatic carbocycles. The van der Waals surface area contributed by atoms with E-state index in [4.69, 9.17) is 4.74 Å². The summed E-state index contributed by atoms with van der Waals surface area (Å²) >= 11 is 1.54. The van der Waals surface area contributed by atoms with E-state index in [9.17, 15) is 0 Å². The second-order valence-corrected chi connectivity index (χ2v) is 6.44. The predicted octanol–water partition coefficient (Wildman–Crippen LogP) is 4.19. The highest BCUT2D eigenvalue weighted by atomic mass is 32.1. The predicted molar refractivity (Wildman–Crippen MR) is 91.3 cm³/mol. The zero-order valence-corrected chi connectivity index (χ0v) is 13.5. The van der Waals surface area contributed by atoms with Crippen LogP contribution in [0.4, 0.5) is 10.9 Å². The highest BCUT2D eigenvalue weighted by Gasteiger charge is 2.23. The Hall–Kier alpha value is -2.47. The van der Waals surface area contributed by atoms with Crippen molar-refractivity contribution in [2.75, 3.05) is 5.32 Å². The molecule has 4 rings (SSSR count). The smallest absolute Gasteiger partial charge is 0.188 e. The van der Waals surface area contributed by atoms with Gasteiger partial charge in [-0.2, -0.15) is 0 Å². The quantitative estimate of drug-likeness (QED) is 0.762. The fourth-order valence-electron chi connectivity index (χ4n) is 2.14. The topological polar surface area (TPSA) is 59.9 Å². The van der Waals surface area contributed by atoms with Crippen LogP contribution in [0.25, 0.3) is 11.4 Å². The summed E-state index contributed by atoms with van der Waals surface area (Å²) in [5.74, 6) is 1.63. The van der Waals surface area contributed by atoms with Gasteiger partial charge in [-0.15, -0.1) is 11.3 Å². The third-order valence-corrected chi connectivity index (χ3v) is 4.24. The van der Waals surface area contributed by atoms with Gasteiger partial charge in [0, 0.05) is 11.6 Å². The first-order chi connectivity index (χ1) is 11.3. The molecule has 5 nitrogen and oxygen atoms in total. The second kappa shape index (κ2) is 5.96. The number of anilines is 2. The molecular weight excluding hydrogens is 308 g/mol. The summed E-state index contributed by atoms with van der Waals surface area (Å²) in [5.41, 5.74) is 2.85. The third-order valence-electron chi connectivity index (χ3n) is 3.48. The summed E-state index contributed by atoms with van der Waals surface area (Å²) in [4.78, 5) is 13.3. The lowest BCUT2D eigenvalue weighted by atomic mass is 10.3. The minimum absolute atomic E-state index is 0.388. The molecule has 0 atom stereocenters. The van der Waals surface area contributed by atoms with Crippen LogP contribution >= 0.6 is 11.3 Å². The number of nitrogens with one attached hydrogen (secondary N) is 1. The van der Waals surface area contributed by atoms with Crippen molar-refractivity contribution < 1.29 is 4.74 Å². The molecule has 1 N–H and O–H groups in total. The number of ether oxygens (including phenoxy) is 1. The molecule has 6 heteroatoms.